The highest BCUT2D eigenvalue weighted by atomic mass is 35.5. The van der Waals surface area contributed by atoms with Crippen molar-refractivity contribution in [1.82, 2.24) is 0 Å². The fourth-order valence-electron chi connectivity index (χ4n) is 3.37. The Morgan fingerprint density at radius 3 is 1.83 bits per heavy atom. The number of hydrogen-bond acceptors (Lipinski definition) is 0. The monoisotopic (exact) mass is 368 g/mol. The second-order valence-corrected chi connectivity index (χ2v) is 8.06. The first kappa shape index (κ1) is 8.01. The summed E-state index contributed by atoms with van der Waals surface area (Å²) in [6.45, 7) is 0. The lowest BCUT2D eigenvalue weighted by Crippen LogP contribution is -2.46. The van der Waals surface area contributed by atoms with E-state index in [1.54, 1.807) is 0 Å². The van der Waals surface area contributed by atoms with Crippen LogP contribution in [0.15, 0.2) is 22.2 Å². The van der Waals surface area contributed by atoms with E-state index in [0.717, 1.165) is 0 Å². The van der Waals surface area contributed by atoms with Gasteiger partial charge in [-0.1, -0.05) is 58.5 Å². The zero-order chi connectivity index (χ0) is 18.5. The Hall–Kier alpha value is 1.22. The van der Waals surface area contributed by atoms with E-state index in [4.69, 9.17) is 77.8 Å². The summed E-state index contributed by atoms with van der Waals surface area (Å²) in [7, 11) is 0. The highest BCUT2D eigenvalue weighted by molar-refractivity contribution is 6.65. The Balaban J connectivity index is 2.16. The third-order valence-corrected chi connectivity index (χ3v) is 8.42. The molecule has 0 spiro atoms. The van der Waals surface area contributed by atoms with Crippen LogP contribution in [0.25, 0.3) is 0 Å². The van der Waals surface area contributed by atoms with Gasteiger partial charge in [0.15, 0.2) is 4.33 Å². The van der Waals surface area contributed by atoms with Gasteiger partial charge in [-0.25, -0.2) is 0 Å². The molecule has 0 nitrogen and oxygen atoms in total. The second-order valence-electron chi connectivity index (χ2n) is 4.78. The summed E-state index contributed by atoms with van der Waals surface area (Å²) in [5.74, 6) is -7.27. The standard InChI is InChI=1S/C12H8Cl6/c13-8-9(14)11(16)7-5-2-1-4(3-5)6(7)10(8,15)12(11,17)18/h1-2,4-7H,3H2/t4-,5+,6?,7?,10-,11+/i1D,2D,3D2,4D,5D. The van der Waals surface area contributed by atoms with Crippen molar-refractivity contribution in [2.45, 2.75) is 20.5 Å². The normalized spacial score (nSPS) is 75.7. The Morgan fingerprint density at radius 1 is 1.06 bits per heavy atom. The van der Waals surface area contributed by atoms with E-state index < -0.39 is 56.2 Å². The van der Waals surface area contributed by atoms with E-state index in [1.807, 2.05) is 0 Å². The SMILES string of the molecule is [2H]C1=C([2H])[C@]2([2H])C3C([C@@]1([2H])C2([2H])[2H])[C@@]1(Cl)C(Cl)=C(Cl)[C@]3(Cl)C1(Cl)Cl. The highest BCUT2D eigenvalue weighted by Crippen LogP contribution is 2.81. The molecular formula is C12H8Cl6. The van der Waals surface area contributed by atoms with Crippen LogP contribution in [0.5, 0.6) is 0 Å². The van der Waals surface area contributed by atoms with Gasteiger partial charge in [0.2, 0.25) is 0 Å². The summed E-state index contributed by atoms with van der Waals surface area (Å²) < 4.78 is 48.3. The number of rotatable bonds is 0. The lowest BCUT2D eigenvalue weighted by atomic mass is 9.75. The number of fused-ring (bicyclic) bond motifs is 9. The molecule has 18 heavy (non-hydrogen) atoms. The Kier molecular flexibility index (Phi) is 1.49. The van der Waals surface area contributed by atoms with Crippen LogP contribution in [-0.4, -0.2) is 14.1 Å². The molecule has 4 bridgehead atoms. The third kappa shape index (κ3) is 0.973. The van der Waals surface area contributed by atoms with Crippen LogP contribution >= 0.6 is 69.6 Å². The fourth-order valence-corrected chi connectivity index (χ4v) is 6.33. The topological polar surface area (TPSA) is 0 Å². The van der Waals surface area contributed by atoms with Crippen molar-refractivity contribution in [2.75, 3.05) is 0 Å². The van der Waals surface area contributed by atoms with Gasteiger partial charge >= 0.3 is 0 Å². The van der Waals surface area contributed by atoms with Gasteiger partial charge < -0.3 is 0 Å². The molecule has 0 aromatic heterocycles. The molecule has 2 unspecified atom stereocenters. The first-order valence-corrected chi connectivity index (χ1v) is 7.39. The molecule has 4 rings (SSSR count). The zero-order valence-corrected chi connectivity index (χ0v) is 13.0. The van der Waals surface area contributed by atoms with Crippen LogP contribution in [0.3, 0.4) is 0 Å². The summed E-state index contributed by atoms with van der Waals surface area (Å²) in [6, 6.07) is -1.28. The van der Waals surface area contributed by atoms with Gasteiger partial charge in [-0.15, -0.1) is 23.2 Å². The molecule has 0 aromatic rings. The van der Waals surface area contributed by atoms with Crippen molar-refractivity contribution in [1.29, 1.82) is 0 Å². The van der Waals surface area contributed by atoms with Gasteiger partial charge in [-0.05, 0) is 30.0 Å². The molecule has 0 heterocycles. The Morgan fingerprint density at radius 2 is 1.44 bits per heavy atom. The molecule has 0 saturated heterocycles. The number of alkyl halides is 4. The molecule has 0 radical (unpaired) electrons. The summed E-state index contributed by atoms with van der Waals surface area (Å²) >= 11 is 38.6. The summed E-state index contributed by atoms with van der Waals surface area (Å²) in [6.07, 6.45) is -2.62. The predicted molar refractivity (Wildman–Crippen MR) is 78.1 cm³/mol. The van der Waals surface area contributed by atoms with Gasteiger partial charge in [-0.3, -0.25) is 0 Å². The number of allylic oxidation sites excluding steroid dienone is 4. The molecule has 4 aliphatic carbocycles. The maximum absolute atomic E-state index is 8.72. The first-order valence-electron chi connectivity index (χ1n) is 8.12. The molecule has 6 atom stereocenters. The maximum Gasteiger partial charge on any atom is 0.166 e. The maximum atomic E-state index is 8.72. The van der Waals surface area contributed by atoms with E-state index in [9.17, 15) is 0 Å². The summed E-state index contributed by atoms with van der Waals surface area (Å²) in [4.78, 5) is -3.88. The van der Waals surface area contributed by atoms with E-state index in [-0.39, 0.29) is 10.1 Å². The molecule has 0 N–H and O–H groups in total. The molecule has 2 saturated carbocycles. The van der Waals surface area contributed by atoms with Gasteiger partial charge in [0.1, 0.15) is 9.75 Å². The van der Waals surface area contributed by atoms with Crippen LogP contribution in [0.2, 0.25) is 0 Å². The predicted octanol–water partition coefficient (Wildman–Crippen LogP) is 5.27. The van der Waals surface area contributed by atoms with Crippen LogP contribution < -0.4 is 0 Å². The van der Waals surface area contributed by atoms with E-state index in [1.165, 1.54) is 0 Å². The van der Waals surface area contributed by atoms with Crippen molar-refractivity contribution in [3.8, 4) is 0 Å². The first-order chi connectivity index (χ1) is 10.6. The van der Waals surface area contributed by atoms with Crippen LogP contribution in [0.4, 0.5) is 0 Å². The minimum absolute atomic E-state index is 0.204. The third-order valence-electron chi connectivity index (χ3n) is 4.16. The van der Waals surface area contributed by atoms with Gasteiger partial charge in [0, 0.05) is 5.48 Å². The minimum atomic E-state index is -2.62. The molecule has 0 aromatic carbocycles. The van der Waals surface area contributed by atoms with E-state index in [2.05, 4.69) is 0 Å². The Bertz CT molecular complexity index is 660. The van der Waals surface area contributed by atoms with Gasteiger partial charge in [-0.2, -0.15) is 0 Å². The number of hydrogen-bond donors (Lipinski definition) is 0. The van der Waals surface area contributed by atoms with E-state index >= 15 is 0 Å². The molecule has 98 valence electrons. The van der Waals surface area contributed by atoms with Crippen LogP contribution in [0.1, 0.15) is 14.6 Å². The molecule has 6 heteroatoms. The average Bonchev–Trinajstić information content (AvgIpc) is 2.82. The van der Waals surface area contributed by atoms with Gasteiger partial charge in [0.25, 0.3) is 0 Å². The lowest BCUT2D eigenvalue weighted by molar-refractivity contribution is 0.305. The van der Waals surface area contributed by atoms with Crippen molar-refractivity contribution in [3.05, 3.63) is 22.2 Å². The highest BCUT2D eigenvalue weighted by Gasteiger charge is 2.85. The lowest BCUT2D eigenvalue weighted by Gasteiger charge is -2.37. The molecule has 0 aliphatic heterocycles. The fraction of sp³-hybridized carbons (Fsp3) is 0.667. The van der Waals surface area contributed by atoms with Crippen molar-refractivity contribution < 1.29 is 8.22 Å². The number of halogens is 6. The minimum Gasteiger partial charge on any atom is -0.109 e. The van der Waals surface area contributed by atoms with Crippen LogP contribution in [-0.2, 0) is 0 Å². The van der Waals surface area contributed by atoms with Crippen LogP contribution in [0, 0.1) is 23.6 Å². The van der Waals surface area contributed by atoms with Crippen molar-refractivity contribution in [2.24, 2.45) is 23.6 Å². The zero-order valence-electron chi connectivity index (χ0n) is 14.4. The molecular weight excluding hydrogens is 357 g/mol. The molecule has 4 aliphatic rings. The van der Waals surface area contributed by atoms with Gasteiger partial charge in [0.05, 0.1) is 12.8 Å². The van der Waals surface area contributed by atoms with Crippen molar-refractivity contribution >= 4 is 69.6 Å². The smallest absolute Gasteiger partial charge is 0.109 e. The second kappa shape index (κ2) is 3.34. The summed E-state index contributed by atoms with van der Waals surface area (Å²) in [5, 5.41) is -0.407. The average molecular weight is 371 g/mol. The largest absolute Gasteiger partial charge is 0.166 e. The molecule has 2 fully saturated rings. The molecule has 0 amide bonds. The Labute approximate surface area is 144 Å². The van der Waals surface area contributed by atoms with Crippen molar-refractivity contribution in [3.63, 3.8) is 0 Å². The summed E-state index contributed by atoms with van der Waals surface area (Å²) in [5.41, 5.74) is 0. The van der Waals surface area contributed by atoms with E-state index in [0.29, 0.717) is 0 Å². The quantitative estimate of drug-likeness (QED) is 0.309.